The summed E-state index contributed by atoms with van der Waals surface area (Å²) in [6, 6.07) is 6.96. The molecule has 8 heteroatoms. The van der Waals surface area contributed by atoms with Crippen LogP contribution in [0.2, 0.25) is 0 Å². The Balaban J connectivity index is 1.41. The number of nitrogens with one attached hydrogen (secondary N) is 2. The van der Waals surface area contributed by atoms with Gasteiger partial charge < -0.3 is 20.3 Å². The van der Waals surface area contributed by atoms with Gasteiger partial charge in [-0.1, -0.05) is 6.07 Å². The second-order valence-electron chi connectivity index (χ2n) is 6.06. The van der Waals surface area contributed by atoms with Gasteiger partial charge in [0.2, 0.25) is 5.91 Å². The standard InChI is InChI=1S/C18H22N4O3S/c1-25-15-4-2-3-13(11-15)17(24)20-12-16(23)21-14-5-8-22(9-6-14)18-19-7-10-26-18/h2-4,7,10-11,14H,5-6,8-9,12H2,1H3,(H,20,24)(H,21,23). The molecule has 1 fully saturated rings. The van der Waals surface area contributed by atoms with Crippen LogP contribution in [0.25, 0.3) is 0 Å². The van der Waals surface area contributed by atoms with Gasteiger partial charge in [0.05, 0.1) is 13.7 Å². The quantitative estimate of drug-likeness (QED) is 0.804. The highest BCUT2D eigenvalue weighted by Crippen LogP contribution is 2.21. The van der Waals surface area contributed by atoms with Crippen LogP contribution in [0.4, 0.5) is 5.13 Å². The first-order valence-electron chi connectivity index (χ1n) is 8.52. The number of amides is 2. The molecule has 2 N–H and O–H groups in total. The van der Waals surface area contributed by atoms with Gasteiger partial charge in [-0.15, -0.1) is 11.3 Å². The topological polar surface area (TPSA) is 83.6 Å². The highest BCUT2D eigenvalue weighted by atomic mass is 32.1. The number of hydrogen-bond donors (Lipinski definition) is 2. The molecule has 0 atom stereocenters. The van der Waals surface area contributed by atoms with E-state index >= 15 is 0 Å². The van der Waals surface area contributed by atoms with Crippen molar-refractivity contribution in [1.82, 2.24) is 15.6 Å². The van der Waals surface area contributed by atoms with Gasteiger partial charge in [0.25, 0.3) is 5.91 Å². The van der Waals surface area contributed by atoms with Crippen LogP contribution in [-0.2, 0) is 4.79 Å². The van der Waals surface area contributed by atoms with E-state index in [1.807, 2.05) is 5.38 Å². The van der Waals surface area contributed by atoms with Crippen molar-refractivity contribution in [2.45, 2.75) is 18.9 Å². The number of aromatic nitrogens is 1. The summed E-state index contributed by atoms with van der Waals surface area (Å²) >= 11 is 1.63. The van der Waals surface area contributed by atoms with E-state index in [-0.39, 0.29) is 24.4 Å². The van der Waals surface area contributed by atoms with Gasteiger partial charge in [-0.05, 0) is 31.0 Å². The van der Waals surface area contributed by atoms with Crippen molar-refractivity contribution in [1.29, 1.82) is 0 Å². The van der Waals surface area contributed by atoms with E-state index in [0.29, 0.717) is 11.3 Å². The molecular weight excluding hydrogens is 352 g/mol. The number of carbonyl (C=O) groups excluding carboxylic acids is 2. The number of thiazole rings is 1. The van der Waals surface area contributed by atoms with Crippen molar-refractivity contribution in [2.75, 3.05) is 31.6 Å². The molecule has 1 aliphatic heterocycles. The number of rotatable bonds is 6. The fraction of sp³-hybridized carbons (Fsp3) is 0.389. The van der Waals surface area contributed by atoms with Crippen LogP contribution in [0.5, 0.6) is 5.75 Å². The first kappa shape index (κ1) is 18.2. The molecule has 2 amide bonds. The second-order valence-corrected chi connectivity index (χ2v) is 6.93. The van der Waals surface area contributed by atoms with Gasteiger partial charge >= 0.3 is 0 Å². The second kappa shape index (κ2) is 8.66. The van der Waals surface area contributed by atoms with Crippen LogP contribution in [0.15, 0.2) is 35.8 Å². The zero-order valence-electron chi connectivity index (χ0n) is 14.6. The Kier molecular flexibility index (Phi) is 6.06. The summed E-state index contributed by atoms with van der Waals surface area (Å²) < 4.78 is 5.10. The van der Waals surface area contributed by atoms with Crippen LogP contribution >= 0.6 is 11.3 Å². The van der Waals surface area contributed by atoms with Gasteiger partial charge in [-0.25, -0.2) is 4.98 Å². The molecule has 2 heterocycles. The lowest BCUT2D eigenvalue weighted by molar-refractivity contribution is -0.120. The third kappa shape index (κ3) is 4.72. The summed E-state index contributed by atoms with van der Waals surface area (Å²) in [6.07, 6.45) is 3.54. The number of hydrogen-bond acceptors (Lipinski definition) is 6. The summed E-state index contributed by atoms with van der Waals surface area (Å²) in [5.41, 5.74) is 0.467. The van der Waals surface area contributed by atoms with E-state index in [0.717, 1.165) is 31.1 Å². The van der Waals surface area contributed by atoms with Gasteiger partial charge in [0.1, 0.15) is 5.75 Å². The number of carbonyl (C=O) groups is 2. The van der Waals surface area contributed by atoms with Crippen LogP contribution in [0.3, 0.4) is 0 Å². The van der Waals surface area contributed by atoms with Crippen molar-refractivity contribution < 1.29 is 14.3 Å². The first-order chi connectivity index (χ1) is 12.7. The molecule has 1 aromatic carbocycles. The Morgan fingerprint density at radius 1 is 1.35 bits per heavy atom. The fourth-order valence-electron chi connectivity index (χ4n) is 2.89. The zero-order valence-corrected chi connectivity index (χ0v) is 15.4. The molecule has 1 aromatic heterocycles. The Morgan fingerprint density at radius 2 is 2.15 bits per heavy atom. The van der Waals surface area contributed by atoms with E-state index in [1.54, 1.807) is 48.9 Å². The molecule has 0 bridgehead atoms. The molecule has 1 saturated heterocycles. The smallest absolute Gasteiger partial charge is 0.251 e. The number of piperidine rings is 1. The predicted molar refractivity (Wildman–Crippen MR) is 101 cm³/mol. The van der Waals surface area contributed by atoms with Gasteiger partial charge in [0, 0.05) is 36.3 Å². The Bertz CT molecular complexity index is 743. The SMILES string of the molecule is COc1cccc(C(=O)NCC(=O)NC2CCN(c3nccs3)CC2)c1. The number of methoxy groups -OCH3 is 1. The third-order valence-electron chi connectivity index (χ3n) is 4.29. The molecular formula is C18H22N4O3S. The average Bonchev–Trinajstić information content (AvgIpc) is 3.21. The summed E-state index contributed by atoms with van der Waals surface area (Å²) in [5, 5.41) is 8.63. The predicted octanol–water partition coefficient (Wildman–Crippen LogP) is 1.67. The fourth-order valence-corrected chi connectivity index (χ4v) is 3.59. The Morgan fingerprint density at radius 3 is 2.85 bits per heavy atom. The normalized spacial score (nSPS) is 14.7. The number of ether oxygens (including phenoxy) is 1. The van der Waals surface area contributed by atoms with E-state index in [4.69, 9.17) is 4.74 Å². The molecule has 0 radical (unpaired) electrons. The molecule has 7 nitrogen and oxygen atoms in total. The van der Waals surface area contributed by atoms with Crippen molar-refractivity contribution >= 4 is 28.3 Å². The summed E-state index contributed by atoms with van der Waals surface area (Å²) in [7, 11) is 1.55. The van der Waals surface area contributed by atoms with Crippen LogP contribution in [-0.4, -0.2) is 49.6 Å². The van der Waals surface area contributed by atoms with Gasteiger partial charge in [-0.3, -0.25) is 9.59 Å². The maximum absolute atomic E-state index is 12.1. The van der Waals surface area contributed by atoms with E-state index < -0.39 is 0 Å². The van der Waals surface area contributed by atoms with E-state index in [1.165, 1.54) is 0 Å². The minimum atomic E-state index is -0.294. The molecule has 26 heavy (non-hydrogen) atoms. The molecule has 0 saturated carbocycles. The third-order valence-corrected chi connectivity index (χ3v) is 5.12. The van der Waals surface area contributed by atoms with Crippen molar-refractivity contribution in [3.8, 4) is 5.75 Å². The zero-order chi connectivity index (χ0) is 18.4. The number of nitrogens with zero attached hydrogens (tertiary/aromatic N) is 2. The maximum atomic E-state index is 12.1. The van der Waals surface area contributed by atoms with E-state index in [2.05, 4.69) is 20.5 Å². The molecule has 3 rings (SSSR count). The molecule has 0 spiro atoms. The van der Waals surface area contributed by atoms with Crippen molar-refractivity contribution in [2.24, 2.45) is 0 Å². The highest BCUT2D eigenvalue weighted by Gasteiger charge is 2.22. The lowest BCUT2D eigenvalue weighted by Crippen LogP contribution is -2.47. The van der Waals surface area contributed by atoms with Crippen LogP contribution in [0, 0.1) is 0 Å². The van der Waals surface area contributed by atoms with Crippen molar-refractivity contribution in [3.05, 3.63) is 41.4 Å². The van der Waals surface area contributed by atoms with Crippen molar-refractivity contribution in [3.63, 3.8) is 0 Å². The highest BCUT2D eigenvalue weighted by molar-refractivity contribution is 7.13. The monoisotopic (exact) mass is 374 g/mol. The molecule has 138 valence electrons. The summed E-state index contributed by atoms with van der Waals surface area (Å²) in [4.78, 5) is 30.8. The number of benzene rings is 1. The molecule has 2 aromatic rings. The number of anilines is 1. The largest absolute Gasteiger partial charge is 0.497 e. The van der Waals surface area contributed by atoms with Crippen LogP contribution < -0.4 is 20.3 Å². The first-order valence-corrected chi connectivity index (χ1v) is 9.39. The Hall–Kier alpha value is -2.61. The Labute approximate surface area is 156 Å². The average molecular weight is 374 g/mol. The van der Waals surface area contributed by atoms with Crippen LogP contribution in [0.1, 0.15) is 23.2 Å². The minimum Gasteiger partial charge on any atom is -0.497 e. The maximum Gasteiger partial charge on any atom is 0.251 e. The molecule has 0 unspecified atom stereocenters. The lowest BCUT2D eigenvalue weighted by atomic mass is 10.1. The lowest BCUT2D eigenvalue weighted by Gasteiger charge is -2.32. The molecule has 1 aliphatic rings. The summed E-state index contributed by atoms with van der Waals surface area (Å²) in [5.74, 6) is 0.140. The van der Waals surface area contributed by atoms with E-state index in [9.17, 15) is 9.59 Å². The molecule has 0 aliphatic carbocycles. The minimum absolute atomic E-state index is 0.0390. The van der Waals surface area contributed by atoms with Gasteiger partial charge in [0.15, 0.2) is 5.13 Å². The summed E-state index contributed by atoms with van der Waals surface area (Å²) in [6.45, 7) is 1.70. The van der Waals surface area contributed by atoms with Gasteiger partial charge in [-0.2, -0.15) is 0 Å².